The maximum absolute atomic E-state index is 12.5. The van der Waals surface area contributed by atoms with Gasteiger partial charge in [0.2, 0.25) is 0 Å². The molecule has 6 heteroatoms. The smallest absolute Gasteiger partial charge is 0.391 e. The van der Waals surface area contributed by atoms with Gasteiger partial charge in [0.1, 0.15) is 5.76 Å². The number of aliphatic hydroxyl groups excluding tert-OH is 1. The molecular formula is C11H12F3NO2. The van der Waals surface area contributed by atoms with Crippen LogP contribution in [0.2, 0.25) is 0 Å². The van der Waals surface area contributed by atoms with Crippen LogP contribution in [0.3, 0.4) is 0 Å². The van der Waals surface area contributed by atoms with Crippen LogP contribution in [-0.2, 0) is 6.61 Å². The molecule has 17 heavy (non-hydrogen) atoms. The van der Waals surface area contributed by atoms with E-state index in [2.05, 4.69) is 5.16 Å². The Kier molecular flexibility index (Phi) is 2.26. The van der Waals surface area contributed by atoms with Gasteiger partial charge in [0.15, 0.2) is 0 Å². The largest absolute Gasteiger partial charge is 0.392 e. The lowest BCUT2D eigenvalue weighted by molar-refractivity contribution is -0.148. The minimum atomic E-state index is -4.17. The van der Waals surface area contributed by atoms with Gasteiger partial charge >= 0.3 is 6.18 Å². The van der Waals surface area contributed by atoms with Crippen LogP contribution in [0.5, 0.6) is 0 Å². The Morgan fingerprint density at radius 3 is 2.53 bits per heavy atom. The molecular weight excluding hydrogens is 235 g/mol. The van der Waals surface area contributed by atoms with Crippen molar-refractivity contribution < 1.29 is 22.8 Å². The van der Waals surface area contributed by atoms with E-state index in [9.17, 15) is 18.3 Å². The Morgan fingerprint density at radius 1 is 1.35 bits per heavy atom. The van der Waals surface area contributed by atoms with Crippen molar-refractivity contribution >= 4 is 0 Å². The van der Waals surface area contributed by atoms with E-state index in [1.54, 1.807) is 0 Å². The number of aliphatic hydroxyl groups is 1. The number of halogens is 3. The van der Waals surface area contributed by atoms with Gasteiger partial charge in [-0.1, -0.05) is 5.16 Å². The molecule has 94 valence electrons. The quantitative estimate of drug-likeness (QED) is 0.893. The van der Waals surface area contributed by atoms with Gasteiger partial charge < -0.3 is 9.63 Å². The van der Waals surface area contributed by atoms with Gasteiger partial charge in [-0.3, -0.25) is 0 Å². The zero-order valence-electron chi connectivity index (χ0n) is 9.00. The molecule has 0 aliphatic heterocycles. The maximum atomic E-state index is 12.5. The van der Waals surface area contributed by atoms with Gasteiger partial charge in [-0.2, -0.15) is 13.2 Å². The second-order valence-electron chi connectivity index (χ2n) is 4.83. The van der Waals surface area contributed by atoms with Gasteiger partial charge in [-0.25, -0.2) is 0 Å². The van der Waals surface area contributed by atoms with Gasteiger partial charge in [0, 0.05) is 17.4 Å². The molecule has 2 aliphatic rings. The van der Waals surface area contributed by atoms with Crippen molar-refractivity contribution in [3.8, 4) is 0 Å². The summed E-state index contributed by atoms with van der Waals surface area (Å²) in [4.78, 5) is 0. The van der Waals surface area contributed by atoms with E-state index in [1.807, 2.05) is 0 Å². The fourth-order valence-corrected chi connectivity index (χ4v) is 2.31. The van der Waals surface area contributed by atoms with Gasteiger partial charge in [-0.05, 0) is 19.3 Å². The van der Waals surface area contributed by atoms with Crippen molar-refractivity contribution in [2.24, 2.45) is 5.92 Å². The standard InChI is InChI=1S/C11H12F3NO2/c12-11(13,14)8-3-6(8)9-7(4-16)10(17-15-9)5-1-2-5/h5-6,8,16H,1-4H2. The molecule has 1 N–H and O–H groups in total. The zero-order valence-corrected chi connectivity index (χ0v) is 9.00. The normalized spacial score (nSPS) is 28.5. The predicted molar refractivity (Wildman–Crippen MR) is 51.3 cm³/mol. The van der Waals surface area contributed by atoms with E-state index in [0.717, 1.165) is 12.8 Å². The molecule has 0 radical (unpaired) electrons. The summed E-state index contributed by atoms with van der Waals surface area (Å²) < 4.78 is 42.5. The van der Waals surface area contributed by atoms with E-state index in [0.29, 0.717) is 17.0 Å². The monoisotopic (exact) mass is 247 g/mol. The molecule has 2 aliphatic carbocycles. The molecule has 2 saturated carbocycles. The molecule has 0 bridgehead atoms. The van der Waals surface area contributed by atoms with Crippen molar-refractivity contribution in [3.63, 3.8) is 0 Å². The van der Waals surface area contributed by atoms with Crippen LogP contribution in [0.4, 0.5) is 13.2 Å². The van der Waals surface area contributed by atoms with Crippen LogP contribution in [0, 0.1) is 5.92 Å². The SMILES string of the molecule is OCc1c(C2CC2C(F)(F)F)noc1C1CC1. The lowest BCUT2D eigenvalue weighted by Crippen LogP contribution is -2.12. The fourth-order valence-electron chi connectivity index (χ4n) is 2.31. The highest BCUT2D eigenvalue weighted by molar-refractivity contribution is 5.33. The van der Waals surface area contributed by atoms with E-state index in [4.69, 9.17) is 4.52 Å². The molecule has 2 unspecified atom stereocenters. The highest BCUT2D eigenvalue weighted by Crippen LogP contribution is 2.57. The topological polar surface area (TPSA) is 46.3 Å². The van der Waals surface area contributed by atoms with Crippen LogP contribution in [0.15, 0.2) is 4.52 Å². The lowest BCUT2D eigenvalue weighted by Gasteiger charge is -2.04. The molecule has 2 atom stereocenters. The predicted octanol–water partition coefficient (Wildman–Crippen LogP) is 2.71. The van der Waals surface area contributed by atoms with Crippen LogP contribution >= 0.6 is 0 Å². The van der Waals surface area contributed by atoms with E-state index >= 15 is 0 Å². The summed E-state index contributed by atoms with van der Waals surface area (Å²) in [6.07, 6.45) is -2.17. The van der Waals surface area contributed by atoms with E-state index in [1.165, 1.54) is 0 Å². The Morgan fingerprint density at radius 2 is 2.06 bits per heavy atom. The first-order valence-corrected chi connectivity index (χ1v) is 5.68. The van der Waals surface area contributed by atoms with Crippen LogP contribution in [0.25, 0.3) is 0 Å². The highest BCUT2D eigenvalue weighted by Gasteiger charge is 2.58. The van der Waals surface area contributed by atoms with E-state index < -0.39 is 18.0 Å². The molecule has 0 aromatic carbocycles. The Bertz CT molecular complexity index is 436. The summed E-state index contributed by atoms with van der Waals surface area (Å²) >= 11 is 0. The summed E-state index contributed by atoms with van der Waals surface area (Å²) in [7, 11) is 0. The third kappa shape index (κ3) is 1.84. The molecule has 0 amide bonds. The molecule has 1 heterocycles. The maximum Gasteiger partial charge on any atom is 0.392 e. The van der Waals surface area contributed by atoms with Crippen molar-refractivity contribution in [2.75, 3.05) is 0 Å². The van der Waals surface area contributed by atoms with Gasteiger partial charge in [-0.15, -0.1) is 0 Å². The molecule has 2 fully saturated rings. The second kappa shape index (κ2) is 3.48. The van der Waals surface area contributed by atoms with Crippen molar-refractivity contribution in [1.29, 1.82) is 0 Å². The number of nitrogens with zero attached hydrogens (tertiary/aromatic N) is 1. The number of hydrogen-bond acceptors (Lipinski definition) is 3. The Balaban J connectivity index is 1.85. The van der Waals surface area contributed by atoms with Crippen LogP contribution < -0.4 is 0 Å². The molecule has 0 saturated heterocycles. The average molecular weight is 247 g/mol. The Hall–Kier alpha value is -1.04. The molecule has 0 spiro atoms. The van der Waals surface area contributed by atoms with E-state index in [-0.39, 0.29) is 18.9 Å². The zero-order chi connectivity index (χ0) is 12.2. The lowest BCUT2D eigenvalue weighted by atomic mass is 10.1. The summed E-state index contributed by atoms with van der Waals surface area (Å²) in [5, 5.41) is 13.0. The number of alkyl halides is 3. The minimum Gasteiger partial charge on any atom is -0.391 e. The first kappa shape index (κ1) is 11.1. The first-order valence-electron chi connectivity index (χ1n) is 5.68. The number of aromatic nitrogens is 1. The fraction of sp³-hybridized carbons (Fsp3) is 0.727. The second-order valence-corrected chi connectivity index (χ2v) is 4.83. The third-order valence-electron chi connectivity index (χ3n) is 3.52. The summed E-state index contributed by atoms with van der Waals surface area (Å²) in [5.74, 6) is -1.09. The first-order chi connectivity index (χ1) is 8.02. The summed E-state index contributed by atoms with van der Waals surface area (Å²) in [6.45, 7) is -0.286. The molecule has 1 aromatic rings. The minimum absolute atomic E-state index is 0.0626. The van der Waals surface area contributed by atoms with Gasteiger partial charge in [0.25, 0.3) is 0 Å². The van der Waals surface area contributed by atoms with Crippen molar-refractivity contribution in [3.05, 3.63) is 17.0 Å². The summed E-state index contributed by atoms with van der Waals surface area (Å²) in [5.41, 5.74) is 0.806. The average Bonchev–Trinajstić information content (AvgIpc) is 3.13. The van der Waals surface area contributed by atoms with Crippen molar-refractivity contribution in [1.82, 2.24) is 5.16 Å². The van der Waals surface area contributed by atoms with Crippen molar-refractivity contribution in [2.45, 2.75) is 43.9 Å². The number of rotatable bonds is 3. The Labute approximate surface area is 95.6 Å². The van der Waals surface area contributed by atoms with Crippen LogP contribution in [-0.4, -0.2) is 16.4 Å². The summed E-state index contributed by atoms with van der Waals surface area (Å²) in [6, 6.07) is 0. The van der Waals surface area contributed by atoms with Gasteiger partial charge in [0.05, 0.1) is 18.2 Å². The molecule has 3 nitrogen and oxygen atoms in total. The van der Waals surface area contributed by atoms with Crippen LogP contribution in [0.1, 0.15) is 48.1 Å². The third-order valence-corrected chi connectivity index (χ3v) is 3.52. The highest BCUT2D eigenvalue weighted by atomic mass is 19.4. The molecule has 1 aromatic heterocycles. The number of hydrogen-bond donors (Lipinski definition) is 1. The molecule has 3 rings (SSSR count).